The SMILES string of the molecule is Cc1cccc(C)c1-c1nc(-c2[c-]ccc(-c3ccccc3)c2)nc2ccc(-c3ccccc3)cc12.[Ir].[c-]1ccc(-c2cccc(CCCCCCc3ccccc3)c2)cc1-c1cc(-c2ccccc2)ccn1. The summed E-state index contributed by atoms with van der Waals surface area (Å²) < 4.78 is 0. The van der Waals surface area contributed by atoms with Crippen molar-refractivity contribution in [1.29, 1.82) is 0 Å². The molecule has 0 aliphatic carbocycles. The van der Waals surface area contributed by atoms with Crippen LogP contribution in [0.15, 0.2) is 237 Å². The van der Waals surface area contributed by atoms with Crippen molar-refractivity contribution < 1.29 is 20.1 Å². The number of pyridine rings is 1. The van der Waals surface area contributed by atoms with Gasteiger partial charge in [-0.2, -0.15) is 0 Å². The van der Waals surface area contributed by atoms with E-state index in [-0.39, 0.29) is 20.1 Å². The molecule has 0 fully saturated rings. The second-order valence-electron chi connectivity index (χ2n) is 18.5. The summed E-state index contributed by atoms with van der Waals surface area (Å²) in [5.74, 6) is 0.686. The van der Waals surface area contributed by atoms with Crippen LogP contribution in [0.1, 0.15) is 47.9 Å². The molecule has 0 saturated carbocycles. The average Bonchev–Trinajstić information content (AvgIpc) is 3.45. The summed E-state index contributed by atoms with van der Waals surface area (Å²) in [5.41, 5.74) is 20.6. The first-order valence-corrected chi connectivity index (χ1v) is 25.2. The van der Waals surface area contributed by atoms with Crippen molar-refractivity contribution >= 4 is 10.9 Å². The molecule has 73 heavy (non-hydrogen) atoms. The van der Waals surface area contributed by atoms with Gasteiger partial charge in [-0.3, -0.25) is 9.97 Å². The van der Waals surface area contributed by atoms with E-state index in [1.54, 1.807) is 0 Å². The molecule has 0 amide bonds. The van der Waals surface area contributed by atoms with Gasteiger partial charge in [-0.05, 0) is 119 Å². The molecule has 9 aromatic carbocycles. The smallest absolute Gasteiger partial charge is 0.0763 e. The minimum absolute atomic E-state index is 0. The standard InChI is InChI=1S/C35H32N.C34H25N2.Ir/c1(5-13-28-14-7-3-8-15-28)2-6-16-29-17-11-20-31(25-29)32-21-12-22-34(26-32)35-27-33(23-24-36-35)30-18-9-4-10-19-30;1-23-11-9-12-24(2)32(23)33-30-22-28(26-15-7-4-8-16-26)19-20-31(30)35-34(36-33)29-18-10-17-27(21-29)25-13-5-3-6-14-25;/h3-4,7-12,14-15,17-21,23-27H,1-2,5-6,13,16H2;3-17,19-22H,1-2H3;/q2*-1;. The number of aryl methyl sites for hydroxylation is 4. The van der Waals surface area contributed by atoms with Crippen LogP contribution in [0.4, 0.5) is 0 Å². The fourth-order valence-electron chi connectivity index (χ4n) is 9.59. The molecule has 0 unspecified atom stereocenters. The summed E-state index contributed by atoms with van der Waals surface area (Å²) in [6.07, 6.45) is 9.29. The fraction of sp³-hybridized carbons (Fsp3) is 0.116. The van der Waals surface area contributed by atoms with Crippen molar-refractivity contribution in [1.82, 2.24) is 15.0 Å². The van der Waals surface area contributed by atoms with Crippen molar-refractivity contribution in [2.24, 2.45) is 0 Å². The van der Waals surface area contributed by atoms with E-state index in [0.29, 0.717) is 5.82 Å². The van der Waals surface area contributed by atoms with Gasteiger partial charge in [-0.1, -0.05) is 189 Å². The fourth-order valence-corrected chi connectivity index (χ4v) is 9.59. The molecule has 359 valence electrons. The van der Waals surface area contributed by atoms with Gasteiger partial charge in [-0.15, -0.1) is 70.8 Å². The maximum absolute atomic E-state index is 5.19. The largest absolute Gasteiger partial charge is 0.305 e. The topological polar surface area (TPSA) is 38.7 Å². The summed E-state index contributed by atoms with van der Waals surface area (Å²) in [4.78, 5) is 14.8. The normalized spacial score (nSPS) is 10.8. The molecule has 0 bridgehead atoms. The molecule has 0 aliphatic heterocycles. The molecule has 2 heterocycles. The van der Waals surface area contributed by atoms with Crippen LogP contribution >= 0.6 is 0 Å². The third-order valence-electron chi connectivity index (χ3n) is 13.4. The zero-order valence-corrected chi connectivity index (χ0v) is 43.8. The molecular formula is C69H57IrN3-2. The Balaban J connectivity index is 0.000000177. The Bertz CT molecular complexity index is 3520. The molecule has 11 rings (SSSR count). The number of hydrogen-bond donors (Lipinski definition) is 0. The van der Waals surface area contributed by atoms with Crippen LogP contribution in [0.5, 0.6) is 0 Å². The molecule has 0 atom stereocenters. The van der Waals surface area contributed by atoms with Crippen LogP contribution in [0.2, 0.25) is 0 Å². The van der Waals surface area contributed by atoms with Crippen molar-refractivity contribution in [3.63, 3.8) is 0 Å². The van der Waals surface area contributed by atoms with Gasteiger partial charge in [0.25, 0.3) is 0 Å². The average molecular weight is 1120 g/mol. The number of hydrogen-bond acceptors (Lipinski definition) is 3. The van der Waals surface area contributed by atoms with Crippen LogP contribution in [0.3, 0.4) is 0 Å². The Labute approximate surface area is 445 Å². The maximum Gasteiger partial charge on any atom is 0.0763 e. The third-order valence-corrected chi connectivity index (χ3v) is 13.4. The summed E-state index contributed by atoms with van der Waals surface area (Å²) in [5, 5.41) is 1.05. The van der Waals surface area contributed by atoms with Crippen LogP contribution in [0, 0.1) is 26.0 Å². The molecule has 0 N–H and O–H groups in total. The van der Waals surface area contributed by atoms with Crippen molar-refractivity contribution in [3.05, 3.63) is 271 Å². The van der Waals surface area contributed by atoms with E-state index in [9.17, 15) is 0 Å². The van der Waals surface area contributed by atoms with E-state index >= 15 is 0 Å². The monoisotopic (exact) mass is 1120 g/mol. The first kappa shape index (κ1) is 50.1. The number of aromatic nitrogens is 3. The minimum Gasteiger partial charge on any atom is -0.305 e. The van der Waals surface area contributed by atoms with E-state index in [1.807, 2.05) is 36.5 Å². The number of benzene rings is 9. The van der Waals surface area contributed by atoms with Crippen LogP contribution in [-0.2, 0) is 32.9 Å². The van der Waals surface area contributed by atoms with E-state index in [4.69, 9.17) is 9.97 Å². The van der Waals surface area contributed by atoms with Gasteiger partial charge in [0.2, 0.25) is 0 Å². The zero-order chi connectivity index (χ0) is 48.9. The summed E-state index contributed by atoms with van der Waals surface area (Å²) >= 11 is 0. The Morgan fingerprint density at radius 3 is 1.52 bits per heavy atom. The molecule has 2 aromatic heterocycles. The van der Waals surface area contributed by atoms with Gasteiger partial charge in [0.05, 0.1) is 17.0 Å². The molecule has 0 aliphatic rings. The van der Waals surface area contributed by atoms with E-state index in [0.717, 1.165) is 62.1 Å². The van der Waals surface area contributed by atoms with E-state index in [1.165, 1.54) is 82.2 Å². The quantitative estimate of drug-likeness (QED) is 0.0805. The van der Waals surface area contributed by atoms with Gasteiger partial charge in [0.15, 0.2) is 0 Å². The second kappa shape index (κ2) is 24.5. The molecule has 4 heteroatoms. The number of nitrogens with zero attached hydrogens (tertiary/aromatic N) is 3. The predicted molar refractivity (Wildman–Crippen MR) is 301 cm³/mol. The number of rotatable bonds is 14. The Morgan fingerprint density at radius 2 is 0.877 bits per heavy atom. The molecule has 3 nitrogen and oxygen atoms in total. The van der Waals surface area contributed by atoms with Crippen LogP contribution in [-0.4, -0.2) is 15.0 Å². The van der Waals surface area contributed by atoms with Crippen molar-refractivity contribution in [3.8, 4) is 78.4 Å². The predicted octanol–water partition coefficient (Wildman–Crippen LogP) is 17.9. The first-order chi connectivity index (χ1) is 35.5. The molecular weight excluding hydrogens is 1060 g/mol. The van der Waals surface area contributed by atoms with Gasteiger partial charge in [0.1, 0.15) is 0 Å². The van der Waals surface area contributed by atoms with Gasteiger partial charge >= 0.3 is 0 Å². The molecule has 0 spiro atoms. The Hall–Kier alpha value is -7.88. The van der Waals surface area contributed by atoms with Crippen LogP contribution in [0.25, 0.3) is 89.3 Å². The third kappa shape index (κ3) is 12.6. The Morgan fingerprint density at radius 1 is 0.384 bits per heavy atom. The molecule has 1 radical (unpaired) electrons. The number of fused-ring (bicyclic) bond motifs is 1. The van der Waals surface area contributed by atoms with Crippen molar-refractivity contribution in [2.75, 3.05) is 0 Å². The Kier molecular flexibility index (Phi) is 16.8. The minimum atomic E-state index is 0. The van der Waals surface area contributed by atoms with Crippen molar-refractivity contribution in [2.45, 2.75) is 52.4 Å². The van der Waals surface area contributed by atoms with Gasteiger partial charge in [0, 0.05) is 37.3 Å². The van der Waals surface area contributed by atoms with Gasteiger partial charge < -0.3 is 4.98 Å². The maximum atomic E-state index is 5.19. The van der Waals surface area contributed by atoms with Crippen LogP contribution < -0.4 is 0 Å². The molecule has 0 saturated heterocycles. The van der Waals surface area contributed by atoms with E-state index < -0.39 is 0 Å². The van der Waals surface area contributed by atoms with E-state index in [2.05, 4.69) is 231 Å². The van der Waals surface area contributed by atoms with Gasteiger partial charge in [-0.25, -0.2) is 0 Å². The first-order valence-electron chi connectivity index (χ1n) is 25.2. The summed E-state index contributed by atoms with van der Waals surface area (Å²) in [6.45, 7) is 4.30. The summed E-state index contributed by atoms with van der Waals surface area (Å²) in [6, 6.07) is 87.5. The summed E-state index contributed by atoms with van der Waals surface area (Å²) in [7, 11) is 0. The zero-order valence-electron chi connectivity index (χ0n) is 41.4. The molecule has 11 aromatic rings. The number of unbranched alkanes of at least 4 members (excludes halogenated alkanes) is 3. The second-order valence-corrected chi connectivity index (χ2v) is 18.5.